The van der Waals surface area contributed by atoms with E-state index in [9.17, 15) is 0 Å². The topological polar surface area (TPSA) is 13.1 Å². The van der Waals surface area contributed by atoms with E-state index in [-0.39, 0.29) is 5.41 Å². The normalized spacial score (nSPS) is 12.1. The molecule has 1 aromatic rings. The second-order valence-corrected chi connectivity index (χ2v) is 4.08. The van der Waals surface area contributed by atoms with Gasteiger partial charge in [-0.05, 0) is 30.4 Å². The molecule has 0 radical (unpaired) electrons. The predicted molar refractivity (Wildman–Crippen MR) is 46.9 cm³/mol. The lowest BCUT2D eigenvalue weighted by Crippen LogP contribution is -2.11. The Labute approximate surface area is 68.4 Å². The van der Waals surface area contributed by atoms with Gasteiger partial charge in [0.2, 0.25) is 0 Å². The molecular formula is C10H16O. The van der Waals surface area contributed by atoms with Crippen LogP contribution < -0.4 is 0 Å². The van der Waals surface area contributed by atoms with E-state index in [0.717, 1.165) is 5.76 Å². The van der Waals surface area contributed by atoms with Crippen LogP contribution in [-0.2, 0) is 5.41 Å². The molecule has 0 spiro atoms. The van der Waals surface area contributed by atoms with Crippen molar-refractivity contribution in [1.82, 2.24) is 0 Å². The summed E-state index contributed by atoms with van der Waals surface area (Å²) in [6.45, 7) is 10.7. The van der Waals surface area contributed by atoms with Gasteiger partial charge in [-0.1, -0.05) is 20.8 Å². The Kier molecular flexibility index (Phi) is 1.83. The smallest absolute Gasteiger partial charge is 0.103 e. The summed E-state index contributed by atoms with van der Waals surface area (Å²) in [6, 6.07) is 0. The second kappa shape index (κ2) is 2.40. The van der Waals surface area contributed by atoms with Crippen molar-refractivity contribution in [2.24, 2.45) is 0 Å². The van der Waals surface area contributed by atoms with Crippen LogP contribution in [0, 0.1) is 13.8 Å². The summed E-state index contributed by atoms with van der Waals surface area (Å²) in [5.74, 6) is 1.04. The molecule has 0 N–H and O–H groups in total. The first-order chi connectivity index (χ1) is 4.93. The Morgan fingerprint density at radius 2 is 1.73 bits per heavy atom. The van der Waals surface area contributed by atoms with Gasteiger partial charge in [0.15, 0.2) is 0 Å². The van der Waals surface area contributed by atoms with Crippen molar-refractivity contribution in [3.05, 3.63) is 23.2 Å². The molecule has 1 heterocycles. The Bertz CT molecular complexity index is 250. The van der Waals surface area contributed by atoms with Crippen molar-refractivity contribution < 1.29 is 4.42 Å². The number of rotatable bonds is 0. The second-order valence-electron chi connectivity index (χ2n) is 4.08. The van der Waals surface area contributed by atoms with Gasteiger partial charge >= 0.3 is 0 Å². The Morgan fingerprint density at radius 3 is 1.91 bits per heavy atom. The van der Waals surface area contributed by atoms with Crippen molar-refractivity contribution in [2.45, 2.75) is 40.0 Å². The lowest BCUT2D eigenvalue weighted by Gasteiger charge is -2.16. The molecule has 0 saturated carbocycles. The highest BCUT2D eigenvalue weighted by Crippen LogP contribution is 2.28. The molecule has 0 atom stereocenters. The van der Waals surface area contributed by atoms with Crippen molar-refractivity contribution in [2.75, 3.05) is 0 Å². The Morgan fingerprint density at radius 1 is 1.18 bits per heavy atom. The van der Waals surface area contributed by atoms with Crippen LogP contribution in [0.1, 0.15) is 37.7 Å². The molecule has 1 rings (SSSR count). The summed E-state index contributed by atoms with van der Waals surface area (Å²) in [5.41, 5.74) is 2.81. The maximum Gasteiger partial charge on any atom is 0.103 e. The molecule has 0 bridgehead atoms. The fourth-order valence-corrected chi connectivity index (χ4v) is 1.25. The highest BCUT2D eigenvalue weighted by molar-refractivity contribution is 5.31. The van der Waals surface area contributed by atoms with E-state index in [4.69, 9.17) is 4.42 Å². The quantitative estimate of drug-likeness (QED) is 0.556. The predicted octanol–water partition coefficient (Wildman–Crippen LogP) is 3.19. The third kappa shape index (κ3) is 1.47. The van der Waals surface area contributed by atoms with Crippen LogP contribution in [0.4, 0.5) is 0 Å². The van der Waals surface area contributed by atoms with Crippen LogP contribution in [0.5, 0.6) is 0 Å². The monoisotopic (exact) mass is 152 g/mol. The summed E-state index contributed by atoms with van der Waals surface area (Å²) >= 11 is 0. The molecule has 0 fully saturated rings. The van der Waals surface area contributed by atoms with Crippen LogP contribution in [-0.4, -0.2) is 0 Å². The molecule has 1 heteroatoms. The molecule has 0 amide bonds. The minimum Gasteiger partial charge on any atom is -0.469 e. The number of hydrogen-bond acceptors (Lipinski definition) is 1. The van der Waals surface area contributed by atoms with Crippen LogP contribution in [0.2, 0.25) is 0 Å². The first kappa shape index (κ1) is 8.38. The van der Waals surface area contributed by atoms with Crippen LogP contribution in [0.3, 0.4) is 0 Å². The third-order valence-corrected chi connectivity index (χ3v) is 2.09. The van der Waals surface area contributed by atoms with Crippen molar-refractivity contribution in [3.8, 4) is 0 Å². The molecule has 1 nitrogen and oxygen atoms in total. The maximum atomic E-state index is 5.32. The van der Waals surface area contributed by atoms with Crippen LogP contribution in [0.25, 0.3) is 0 Å². The maximum absolute atomic E-state index is 5.32. The van der Waals surface area contributed by atoms with Gasteiger partial charge in [0.05, 0.1) is 6.26 Å². The molecule has 0 aromatic carbocycles. The summed E-state index contributed by atoms with van der Waals surface area (Å²) in [4.78, 5) is 0. The highest BCUT2D eigenvalue weighted by atomic mass is 16.3. The zero-order chi connectivity index (χ0) is 8.65. The Balaban J connectivity index is 3.15. The SMILES string of the molecule is Cc1occ(C(C)(C)C)c1C. The van der Waals surface area contributed by atoms with E-state index in [1.807, 2.05) is 13.2 Å². The Hall–Kier alpha value is -0.720. The third-order valence-electron chi connectivity index (χ3n) is 2.09. The van der Waals surface area contributed by atoms with E-state index in [1.165, 1.54) is 11.1 Å². The van der Waals surface area contributed by atoms with Gasteiger partial charge in [0, 0.05) is 0 Å². The number of hydrogen-bond donors (Lipinski definition) is 0. The molecule has 0 aliphatic rings. The van der Waals surface area contributed by atoms with Gasteiger partial charge in [-0.2, -0.15) is 0 Å². The van der Waals surface area contributed by atoms with Gasteiger partial charge in [0.25, 0.3) is 0 Å². The van der Waals surface area contributed by atoms with Gasteiger partial charge in [-0.3, -0.25) is 0 Å². The molecule has 1 aromatic heterocycles. The van der Waals surface area contributed by atoms with Crippen LogP contribution >= 0.6 is 0 Å². The zero-order valence-corrected chi connectivity index (χ0v) is 7.99. The minimum atomic E-state index is 0.210. The minimum absolute atomic E-state index is 0.210. The number of furan rings is 1. The number of aryl methyl sites for hydroxylation is 1. The van der Waals surface area contributed by atoms with Gasteiger partial charge < -0.3 is 4.42 Å². The van der Waals surface area contributed by atoms with Crippen molar-refractivity contribution in [1.29, 1.82) is 0 Å². The molecule has 0 aliphatic carbocycles. The van der Waals surface area contributed by atoms with Gasteiger partial charge in [0.1, 0.15) is 5.76 Å². The highest BCUT2D eigenvalue weighted by Gasteiger charge is 2.19. The van der Waals surface area contributed by atoms with E-state index < -0.39 is 0 Å². The lowest BCUT2D eigenvalue weighted by molar-refractivity contribution is 0.516. The van der Waals surface area contributed by atoms with Gasteiger partial charge in [-0.15, -0.1) is 0 Å². The van der Waals surface area contributed by atoms with E-state index in [1.54, 1.807) is 0 Å². The fraction of sp³-hybridized carbons (Fsp3) is 0.600. The molecule has 11 heavy (non-hydrogen) atoms. The average molecular weight is 152 g/mol. The van der Waals surface area contributed by atoms with Crippen molar-refractivity contribution >= 4 is 0 Å². The molecule has 62 valence electrons. The molecule has 0 aliphatic heterocycles. The summed E-state index contributed by atoms with van der Waals surface area (Å²) in [5, 5.41) is 0. The van der Waals surface area contributed by atoms with E-state index >= 15 is 0 Å². The first-order valence-electron chi connectivity index (χ1n) is 3.98. The summed E-state index contributed by atoms with van der Waals surface area (Å²) < 4.78 is 5.32. The molecule has 0 saturated heterocycles. The summed E-state index contributed by atoms with van der Waals surface area (Å²) in [6.07, 6.45) is 1.87. The van der Waals surface area contributed by atoms with Crippen LogP contribution in [0.15, 0.2) is 10.7 Å². The largest absolute Gasteiger partial charge is 0.469 e. The summed E-state index contributed by atoms with van der Waals surface area (Å²) in [7, 11) is 0. The standard InChI is InChI=1S/C10H16O/c1-7-8(2)11-6-9(7)10(3,4)5/h6H,1-5H3. The zero-order valence-electron chi connectivity index (χ0n) is 7.99. The van der Waals surface area contributed by atoms with Gasteiger partial charge in [-0.25, -0.2) is 0 Å². The lowest BCUT2D eigenvalue weighted by atomic mass is 9.86. The average Bonchev–Trinajstić information content (AvgIpc) is 2.11. The fourth-order valence-electron chi connectivity index (χ4n) is 1.25. The first-order valence-corrected chi connectivity index (χ1v) is 3.98. The molecule has 0 unspecified atom stereocenters. The van der Waals surface area contributed by atoms with E-state index in [2.05, 4.69) is 27.7 Å². The van der Waals surface area contributed by atoms with E-state index in [0.29, 0.717) is 0 Å². The molecular weight excluding hydrogens is 136 g/mol. The van der Waals surface area contributed by atoms with Crippen molar-refractivity contribution in [3.63, 3.8) is 0 Å².